The Morgan fingerprint density at radius 1 is 1.11 bits per heavy atom. The monoisotopic (exact) mass is 260 g/mol. The molecular weight excluding hydrogens is 236 g/mol. The molecule has 0 radical (unpaired) electrons. The van der Waals surface area contributed by atoms with Gasteiger partial charge in [0.2, 0.25) is 5.91 Å². The van der Waals surface area contributed by atoms with Crippen molar-refractivity contribution in [1.29, 1.82) is 0 Å². The Balaban J connectivity index is 3.78. The first-order chi connectivity index (χ1) is 8.63. The smallest absolute Gasteiger partial charge is 0.316 e. The average molecular weight is 260 g/mol. The van der Waals surface area contributed by atoms with Gasteiger partial charge < -0.3 is 21.3 Å². The fourth-order valence-corrected chi connectivity index (χ4v) is 1.62. The second-order valence-electron chi connectivity index (χ2n) is 4.25. The van der Waals surface area contributed by atoms with Gasteiger partial charge >= 0.3 is 5.97 Å². The highest BCUT2D eigenvalue weighted by Crippen LogP contribution is 2.07. The summed E-state index contributed by atoms with van der Waals surface area (Å²) in [5, 5.41) is 20.1. The lowest BCUT2D eigenvalue weighted by atomic mass is 10.0. The zero-order chi connectivity index (χ0) is 13.8. The summed E-state index contributed by atoms with van der Waals surface area (Å²) in [6.45, 7) is 1.07. The van der Waals surface area contributed by atoms with Crippen LogP contribution >= 0.6 is 0 Å². The van der Waals surface area contributed by atoms with Crippen LogP contribution in [0.4, 0.5) is 0 Å². The molecule has 6 heteroatoms. The Morgan fingerprint density at radius 3 is 2.33 bits per heavy atom. The van der Waals surface area contributed by atoms with E-state index in [1.165, 1.54) is 0 Å². The number of aliphatic carboxylic acids is 1. The summed E-state index contributed by atoms with van der Waals surface area (Å²) in [5.74, 6) is -2.65. The highest BCUT2D eigenvalue weighted by molar-refractivity contribution is 5.96. The Hall–Kier alpha value is -1.14. The highest BCUT2D eigenvalue weighted by atomic mass is 16.4. The predicted molar refractivity (Wildman–Crippen MR) is 68.0 cm³/mol. The minimum atomic E-state index is -1.14. The van der Waals surface area contributed by atoms with Crippen molar-refractivity contribution < 1.29 is 19.8 Å². The van der Waals surface area contributed by atoms with E-state index in [1.54, 1.807) is 0 Å². The van der Waals surface area contributed by atoms with E-state index in [9.17, 15) is 9.59 Å². The molecule has 0 aliphatic carbocycles. The van der Waals surface area contributed by atoms with Crippen LogP contribution in [0, 0.1) is 5.92 Å². The lowest BCUT2D eigenvalue weighted by Gasteiger charge is -2.12. The van der Waals surface area contributed by atoms with Gasteiger partial charge in [0.05, 0.1) is 0 Å². The van der Waals surface area contributed by atoms with Crippen molar-refractivity contribution in [3.63, 3.8) is 0 Å². The third-order valence-electron chi connectivity index (χ3n) is 2.70. The maximum absolute atomic E-state index is 11.6. The molecule has 0 rings (SSSR count). The molecule has 0 saturated heterocycles. The number of unbranched alkanes of at least 4 members (excludes halogenated alkanes) is 3. The molecule has 0 aliphatic rings. The molecule has 1 unspecified atom stereocenters. The van der Waals surface area contributed by atoms with Crippen LogP contribution in [0.3, 0.4) is 0 Å². The standard InChI is InChI=1S/C12H24N2O4/c13-7-3-1-2-4-8-14-11(16)10(12(17)18)6-5-9-15/h10,15H,1-9,13H2,(H,14,16)(H,17,18). The van der Waals surface area contributed by atoms with E-state index in [4.69, 9.17) is 15.9 Å². The van der Waals surface area contributed by atoms with Gasteiger partial charge in [-0.15, -0.1) is 0 Å². The average Bonchev–Trinajstić information content (AvgIpc) is 2.33. The van der Waals surface area contributed by atoms with Gasteiger partial charge in [-0.25, -0.2) is 0 Å². The zero-order valence-electron chi connectivity index (χ0n) is 10.7. The van der Waals surface area contributed by atoms with E-state index in [2.05, 4.69) is 5.32 Å². The minimum absolute atomic E-state index is 0.101. The van der Waals surface area contributed by atoms with Crippen LogP contribution in [0.15, 0.2) is 0 Å². The Labute approximate surface area is 108 Å². The molecule has 0 saturated carbocycles. The van der Waals surface area contributed by atoms with Crippen LogP contribution in [0.25, 0.3) is 0 Å². The Morgan fingerprint density at radius 2 is 1.78 bits per heavy atom. The number of carbonyl (C=O) groups is 2. The molecule has 0 spiro atoms. The number of rotatable bonds is 11. The topological polar surface area (TPSA) is 113 Å². The molecule has 0 bridgehead atoms. The number of amides is 1. The van der Waals surface area contributed by atoms with Gasteiger partial charge in [-0.1, -0.05) is 12.8 Å². The predicted octanol–water partition coefficient (Wildman–Crippen LogP) is 0.0950. The molecule has 5 N–H and O–H groups in total. The number of aliphatic hydroxyl groups is 1. The van der Waals surface area contributed by atoms with E-state index >= 15 is 0 Å². The number of hydrogen-bond donors (Lipinski definition) is 4. The number of carbonyl (C=O) groups excluding carboxylic acids is 1. The maximum atomic E-state index is 11.6. The SMILES string of the molecule is NCCCCCCNC(=O)C(CCCO)C(=O)O. The van der Waals surface area contributed by atoms with Crippen molar-refractivity contribution >= 4 is 11.9 Å². The molecule has 6 nitrogen and oxygen atoms in total. The number of nitrogens with two attached hydrogens (primary N) is 1. The number of hydrogen-bond acceptors (Lipinski definition) is 4. The first-order valence-electron chi connectivity index (χ1n) is 6.45. The molecule has 0 aromatic rings. The van der Waals surface area contributed by atoms with E-state index in [1.807, 2.05) is 0 Å². The van der Waals surface area contributed by atoms with E-state index in [0.717, 1.165) is 25.7 Å². The molecule has 0 aromatic heterocycles. The van der Waals surface area contributed by atoms with Crippen molar-refractivity contribution in [2.45, 2.75) is 38.5 Å². The summed E-state index contributed by atoms with van der Waals surface area (Å²) < 4.78 is 0. The summed E-state index contributed by atoms with van der Waals surface area (Å²) in [6.07, 6.45) is 4.30. The molecule has 0 heterocycles. The normalized spacial score (nSPS) is 12.1. The van der Waals surface area contributed by atoms with Gasteiger partial charge in [-0.2, -0.15) is 0 Å². The lowest BCUT2D eigenvalue weighted by molar-refractivity contribution is -0.147. The summed E-state index contributed by atoms with van der Waals surface area (Å²) >= 11 is 0. The first-order valence-corrected chi connectivity index (χ1v) is 6.45. The number of aliphatic hydroxyl groups excluding tert-OH is 1. The van der Waals surface area contributed by atoms with Crippen molar-refractivity contribution in [1.82, 2.24) is 5.32 Å². The quantitative estimate of drug-likeness (QED) is 0.311. The third-order valence-corrected chi connectivity index (χ3v) is 2.70. The Bertz CT molecular complexity index is 246. The molecule has 106 valence electrons. The van der Waals surface area contributed by atoms with Gasteiger partial charge in [0.25, 0.3) is 0 Å². The van der Waals surface area contributed by atoms with Crippen LogP contribution in [0.5, 0.6) is 0 Å². The molecule has 18 heavy (non-hydrogen) atoms. The number of carboxylic acid groups (broad SMARTS) is 1. The molecule has 1 atom stereocenters. The van der Waals surface area contributed by atoms with Gasteiger partial charge in [0.1, 0.15) is 5.92 Å². The van der Waals surface area contributed by atoms with Gasteiger partial charge in [-0.05, 0) is 32.2 Å². The second-order valence-corrected chi connectivity index (χ2v) is 4.25. The van der Waals surface area contributed by atoms with Crippen LogP contribution in [-0.4, -0.2) is 41.8 Å². The van der Waals surface area contributed by atoms with Crippen molar-refractivity contribution in [2.24, 2.45) is 11.7 Å². The molecule has 0 fully saturated rings. The summed E-state index contributed by atoms with van der Waals surface area (Å²) in [4.78, 5) is 22.5. The van der Waals surface area contributed by atoms with Gasteiger partial charge in [0.15, 0.2) is 0 Å². The van der Waals surface area contributed by atoms with Crippen LogP contribution < -0.4 is 11.1 Å². The third kappa shape index (κ3) is 8.03. The fraction of sp³-hybridized carbons (Fsp3) is 0.833. The first kappa shape index (κ1) is 16.9. The minimum Gasteiger partial charge on any atom is -0.481 e. The lowest BCUT2D eigenvalue weighted by Crippen LogP contribution is -2.36. The van der Waals surface area contributed by atoms with Crippen molar-refractivity contribution in [3.8, 4) is 0 Å². The molecule has 1 amide bonds. The van der Waals surface area contributed by atoms with Crippen LogP contribution in [0.1, 0.15) is 38.5 Å². The highest BCUT2D eigenvalue weighted by Gasteiger charge is 2.24. The largest absolute Gasteiger partial charge is 0.481 e. The number of nitrogens with one attached hydrogen (secondary N) is 1. The fourth-order valence-electron chi connectivity index (χ4n) is 1.62. The Kier molecular flexibility index (Phi) is 10.3. The summed E-state index contributed by atoms with van der Waals surface area (Å²) in [6, 6.07) is 0. The summed E-state index contributed by atoms with van der Waals surface area (Å²) in [5.41, 5.74) is 5.36. The van der Waals surface area contributed by atoms with Gasteiger partial charge in [-0.3, -0.25) is 9.59 Å². The van der Waals surface area contributed by atoms with E-state index < -0.39 is 17.8 Å². The van der Waals surface area contributed by atoms with Crippen LogP contribution in [-0.2, 0) is 9.59 Å². The summed E-state index contributed by atoms with van der Waals surface area (Å²) in [7, 11) is 0. The van der Waals surface area contributed by atoms with Crippen molar-refractivity contribution in [3.05, 3.63) is 0 Å². The molecular formula is C12H24N2O4. The van der Waals surface area contributed by atoms with Crippen LogP contribution in [0.2, 0.25) is 0 Å². The van der Waals surface area contributed by atoms with Gasteiger partial charge in [0, 0.05) is 13.2 Å². The maximum Gasteiger partial charge on any atom is 0.316 e. The zero-order valence-corrected chi connectivity index (χ0v) is 10.7. The second kappa shape index (κ2) is 11.0. The van der Waals surface area contributed by atoms with E-state index in [0.29, 0.717) is 19.5 Å². The van der Waals surface area contributed by atoms with E-state index in [-0.39, 0.29) is 13.0 Å². The van der Waals surface area contributed by atoms with Crippen molar-refractivity contribution in [2.75, 3.05) is 19.7 Å². The number of carboxylic acids is 1. The molecule has 0 aromatic carbocycles. The molecule has 0 aliphatic heterocycles.